The molecule has 0 bridgehead atoms. The molecule has 8 heteroatoms. The fourth-order valence-electron chi connectivity index (χ4n) is 1.70. The average molecular weight is 334 g/mol. The normalized spacial score (nSPS) is 12.8. The van der Waals surface area contributed by atoms with Gasteiger partial charge in [-0.3, -0.25) is 4.79 Å². The Bertz CT molecular complexity index is 617. The maximum absolute atomic E-state index is 12.0. The van der Waals surface area contributed by atoms with Crippen molar-refractivity contribution >= 4 is 38.7 Å². The Morgan fingerprint density at radius 3 is 2.57 bits per heavy atom. The number of nitrogens with one attached hydrogen (secondary N) is 1. The van der Waals surface area contributed by atoms with Crippen LogP contribution in [0, 0.1) is 0 Å². The van der Waals surface area contributed by atoms with E-state index in [-0.39, 0.29) is 12.2 Å². The van der Waals surface area contributed by atoms with E-state index in [1.165, 1.54) is 0 Å². The van der Waals surface area contributed by atoms with Crippen molar-refractivity contribution in [3.63, 3.8) is 0 Å². The lowest BCUT2D eigenvalue weighted by atomic mass is 10.2. The highest BCUT2D eigenvalue weighted by Gasteiger charge is 2.17. The van der Waals surface area contributed by atoms with Gasteiger partial charge in [0.1, 0.15) is 9.84 Å². The minimum Gasteiger partial charge on any atom is -0.376 e. The fourth-order valence-corrected chi connectivity index (χ4v) is 2.55. The molecule has 3 N–H and O–H groups in total. The molecule has 1 aromatic carbocycles. The van der Waals surface area contributed by atoms with E-state index in [2.05, 4.69) is 5.32 Å². The van der Waals surface area contributed by atoms with Crippen molar-refractivity contribution in [2.45, 2.75) is 12.5 Å². The quantitative estimate of drug-likeness (QED) is 0.813. The number of nitrogens with zero attached hydrogens (tertiary/aromatic N) is 1. The van der Waals surface area contributed by atoms with E-state index in [1.807, 2.05) is 19.0 Å². The molecule has 0 aliphatic rings. The number of hydrogen-bond donors (Lipinski definition) is 2. The van der Waals surface area contributed by atoms with Gasteiger partial charge in [-0.2, -0.15) is 0 Å². The van der Waals surface area contributed by atoms with Gasteiger partial charge in [-0.25, -0.2) is 8.42 Å². The van der Waals surface area contributed by atoms with Gasteiger partial charge in [-0.05, 0) is 24.6 Å². The van der Waals surface area contributed by atoms with Crippen LogP contribution in [0.5, 0.6) is 0 Å². The number of sulfone groups is 1. The zero-order valence-electron chi connectivity index (χ0n) is 12.3. The predicted octanol–water partition coefficient (Wildman–Crippen LogP) is 1.11. The molecular weight excluding hydrogens is 314 g/mol. The number of halogens is 1. The minimum absolute atomic E-state index is 0.0720. The molecule has 0 aliphatic heterocycles. The van der Waals surface area contributed by atoms with Crippen molar-refractivity contribution in [2.24, 2.45) is 5.73 Å². The summed E-state index contributed by atoms with van der Waals surface area (Å²) in [5.74, 6) is -0.568. The van der Waals surface area contributed by atoms with E-state index in [4.69, 9.17) is 17.3 Å². The molecule has 1 aromatic rings. The number of benzene rings is 1. The number of anilines is 2. The van der Waals surface area contributed by atoms with E-state index < -0.39 is 21.8 Å². The number of hydrogen-bond acceptors (Lipinski definition) is 5. The van der Waals surface area contributed by atoms with Gasteiger partial charge >= 0.3 is 0 Å². The molecule has 1 amide bonds. The molecule has 118 valence electrons. The van der Waals surface area contributed by atoms with Crippen LogP contribution in [-0.2, 0) is 14.6 Å². The van der Waals surface area contributed by atoms with Gasteiger partial charge in [0, 0.05) is 25.4 Å². The van der Waals surface area contributed by atoms with Crippen molar-refractivity contribution in [1.82, 2.24) is 0 Å². The zero-order chi connectivity index (χ0) is 16.2. The van der Waals surface area contributed by atoms with Crippen LogP contribution < -0.4 is 16.0 Å². The van der Waals surface area contributed by atoms with Crippen LogP contribution in [0.4, 0.5) is 11.4 Å². The smallest absolute Gasteiger partial charge is 0.241 e. The van der Waals surface area contributed by atoms with Crippen molar-refractivity contribution in [3.05, 3.63) is 23.2 Å². The van der Waals surface area contributed by atoms with Gasteiger partial charge in [0.05, 0.1) is 23.2 Å². The van der Waals surface area contributed by atoms with Crippen molar-refractivity contribution in [2.75, 3.05) is 36.3 Å². The van der Waals surface area contributed by atoms with E-state index >= 15 is 0 Å². The number of carbonyl (C=O) groups excluding carboxylic acids is 1. The fraction of sp³-hybridized carbons (Fsp3) is 0.462. The molecule has 6 nitrogen and oxygen atoms in total. The van der Waals surface area contributed by atoms with Crippen LogP contribution in [0.2, 0.25) is 5.02 Å². The van der Waals surface area contributed by atoms with Gasteiger partial charge in [0.15, 0.2) is 0 Å². The summed E-state index contributed by atoms with van der Waals surface area (Å²) < 4.78 is 22.2. The minimum atomic E-state index is -3.14. The first kappa shape index (κ1) is 17.7. The van der Waals surface area contributed by atoms with E-state index in [0.717, 1.165) is 11.9 Å². The average Bonchev–Trinajstić information content (AvgIpc) is 2.34. The number of carbonyl (C=O) groups is 1. The second-order valence-electron chi connectivity index (χ2n) is 5.07. The number of nitrogens with two attached hydrogens (primary N) is 1. The lowest BCUT2D eigenvalue weighted by molar-refractivity contribution is -0.117. The van der Waals surface area contributed by atoms with Crippen molar-refractivity contribution in [3.8, 4) is 0 Å². The summed E-state index contributed by atoms with van der Waals surface area (Å²) in [5.41, 5.74) is 7.03. The van der Waals surface area contributed by atoms with E-state index in [0.29, 0.717) is 10.7 Å². The lowest BCUT2D eigenvalue weighted by Crippen LogP contribution is -2.37. The Labute approximate surface area is 130 Å². The molecule has 1 rings (SSSR count). The highest BCUT2D eigenvalue weighted by molar-refractivity contribution is 7.90. The second-order valence-corrected chi connectivity index (χ2v) is 7.77. The molecule has 1 atom stereocenters. The van der Waals surface area contributed by atoms with Crippen LogP contribution in [0.3, 0.4) is 0 Å². The van der Waals surface area contributed by atoms with Crippen LogP contribution in [0.25, 0.3) is 0 Å². The first-order valence-electron chi connectivity index (χ1n) is 6.31. The van der Waals surface area contributed by atoms with E-state index in [9.17, 15) is 13.2 Å². The predicted molar refractivity (Wildman–Crippen MR) is 86.7 cm³/mol. The van der Waals surface area contributed by atoms with Gasteiger partial charge in [0.25, 0.3) is 0 Å². The molecule has 0 saturated carbocycles. The Hall–Kier alpha value is -1.31. The van der Waals surface area contributed by atoms with Gasteiger partial charge < -0.3 is 16.0 Å². The number of amides is 1. The largest absolute Gasteiger partial charge is 0.376 e. The molecule has 0 fully saturated rings. The SMILES string of the molecule is CN(C)c1ccc(Cl)cc1NC(=O)C(N)CCS(C)(=O)=O. The lowest BCUT2D eigenvalue weighted by Gasteiger charge is -2.19. The van der Waals surface area contributed by atoms with Crippen LogP contribution in [0.15, 0.2) is 18.2 Å². The van der Waals surface area contributed by atoms with Crippen LogP contribution in [-0.4, -0.2) is 46.5 Å². The molecule has 0 heterocycles. The summed E-state index contributed by atoms with van der Waals surface area (Å²) in [7, 11) is 0.528. The summed E-state index contributed by atoms with van der Waals surface area (Å²) >= 11 is 5.93. The summed E-state index contributed by atoms with van der Waals surface area (Å²) in [6.07, 6.45) is 1.18. The molecule has 0 saturated heterocycles. The van der Waals surface area contributed by atoms with Crippen LogP contribution in [0.1, 0.15) is 6.42 Å². The number of rotatable bonds is 6. The van der Waals surface area contributed by atoms with E-state index in [1.54, 1.807) is 18.2 Å². The third-order valence-electron chi connectivity index (χ3n) is 2.83. The summed E-state index contributed by atoms with van der Waals surface area (Å²) in [5, 5.41) is 3.17. The first-order valence-corrected chi connectivity index (χ1v) is 8.75. The maximum Gasteiger partial charge on any atom is 0.241 e. The zero-order valence-corrected chi connectivity index (χ0v) is 13.8. The Morgan fingerprint density at radius 2 is 2.05 bits per heavy atom. The Kier molecular flexibility index (Phi) is 6.00. The molecule has 21 heavy (non-hydrogen) atoms. The van der Waals surface area contributed by atoms with Gasteiger partial charge in [0.2, 0.25) is 5.91 Å². The summed E-state index contributed by atoms with van der Waals surface area (Å²) in [4.78, 5) is 13.9. The molecule has 0 aromatic heterocycles. The second kappa shape index (κ2) is 7.11. The summed E-state index contributed by atoms with van der Waals surface area (Å²) in [6.45, 7) is 0. The molecule has 1 unspecified atom stereocenters. The van der Waals surface area contributed by atoms with Crippen molar-refractivity contribution < 1.29 is 13.2 Å². The van der Waals surface area contributed by atoms with Crippen LogP contribution >= 0.6 is 11.6 Å². The Morgan fingerprint density at radius 1 is 1.43 bits per heavy atom. The molecular formula is C13H20ClN3O3S. The maximum atomic E-state index is 12.0. The van der Waals surface area contributed by atoms with Gasteiger partial charge in [-0.1, -0.05) is 11.6 Å². The third-order valence-corrected chi connectivity index (χ3v) is 4.05. The monoisotopic (exact) mass is 333 g/mol. The first-order chi connectivity index (χ1) is 9.60. The standard InChI is InChI=1S/C13H20ClN3O3S/c1-17(2)12-5-4-9(14)8-11(12)16-13(18)10(15)6-7-21(3,19)20/h4-5,8,10H,6-7,15H2,1-3H3,(H,16,18). The molecule has 0 spiro atoms. The van der Waals surface area contributed by atoms with Crippen molar-refractivity contribution in [1.29, 1.82) is 0 Å². The highest BCUT2D eigenvalue weighted by atomic mass is 35.5. The van der Waals surface area contributed by atoms with Gasteiger partial charge in [-0.15, -0.1) is 0 Å². The topological polar surface area (TPSA) is 92.5 Å². The molecule has 0 aliphatic carbocycles. The molecule has 0 radical (unpaired) electrons. The summed E-state index contributed by atoms with van der Waals surface area (Å²) in [6, 6.07) is 4.22. The third kappa shape index (κ3) is 5.91. The Balaban J connectivity index is 2.81. The highest BCUT2D eigenvalue weighted by Crippen LogP contribution is 2.27.